The third-order valence-electron chi connectivity index (χ3n) is 4.25. The van der Waals surface area contributed by atoms with E-state index in [1.165, 1.54) is 12.8 Å². The second-order valence-electron chi connectivity index (χ2n) is 6.27. The Kier molecular flexibility index (Phi) is 3.69. The van der Waals surface area contributed by atoms with Crippen LogP contribution < -0.4 is 10.2 Å². The molecule has 1 aromatic rings. The number of aromatic nitrogens is 2. The number of amides is 1. The van der Waals surface area contributed by atoms with Crippen LogP contribution in [0.5, 0.6) is 0 Å². The van der Waals surface area contributed by atoms with Gasteiger partial charge in [-0.15, -0.1) is 0 Å². The molecule has 1 aliphatic carbocycles. The number of hydrogen-bond acceptors (Lipinski definition) is 5. The second-order valence-corrected chi connectivity index (χ2v) is 6.27. The van der Waals surface area contributed by atoms with Gasteiger partial charge in [-0.1, -0.05) is 13.8 Å². The van der Waals surface area contributed by atoms with Crippen LogP contribution in [0.1, 0.15) is 33.6 Å². The van der Waals surface area contributed by atoms with Gasteiger partial charge in [-0.25, -0.2) is 9.78 Å². The van der Waals surface area contributed by atoms with E-state index in [1.54, 1.807) is 17.2 Å². The number of cyclic esters (lactones) is 1. The molecule has 2 heterocycles. The van der Waals surface area contributed by atoms with Crippen LogP contribution in [0.2, 0.25) is 0 Å². The normalized spacial score (nSPS) is 23.3. The van der Waals surface area contributed by atoms with Gasteiger partial charge in [-0.3, -0.25) is 4.90 Å². The van der Waals surface area contributed by atoms with Crippen LogP contribution in [0.15, 0.2) is 12.3 Å². The van der Waals surface area contributed by atoms with Crippen LogP contribution in [0.25, 0.3) is 0 Å². The number of rotatable bonds is 5. The van der Waals surface area contributed by atoms with Crippen molar-refractivity contribution in [2.75, 3.05) is 16.8 Å². The zero-order chi connectivity index (χ0) is 15.0. The zero-order valence-corrected chi connectivity index (χ0v) is 12.7. The van der Waals surface area contributed by atoms with Gasteiger partial charge in [0.25, 0.3) is 0 Å². The van der Waals surface area contributed by atoms with Crippen molar-refractivity contribution < 1.29 is 9.53 Å². The van der Waals surface area contributed by atoms with Gasteiger partial charge < -0.3 is 10.1 Å². The first kappa shape index (κ1) is 14.1. The Morgan fingerprint density at radius 2 is 2.14 bits per heavy atom. The lowest BCUT2D eigenvalue weighted by Crippen LogP contribution is -2.38. The van der Waals surface area contributed by atoms with Crippen molar-refractivity contribution in [2.24, 2.45) is 11.8 Å². The van der Waals surface area contributed by atoms with Crippen molar-refractivity contribution in [2.45, 2.75) is 45.7 Å². The summed E-state index contributed by atoms with van der Waals surface area (Å²) < 4.78 is 5.17. The van der Waals surface area contributed by atoms with Crippen molar-refractivity contribution in [1.82, 2.24) is 9.97 Å². The molecule has 0 aromatic carbocycles. The Bertz CT molecular complexity index is 530. The number of hydrogen-bond donors (Lipinski definition) is 1. The highest BCUT2D eigenvalue weighted by Gasteiger charge is 2.37. The van der Waals surface area contributed by atoms with E-state index in [4.69, 9.17) is 4.74 Å². The Labute approximate surface area is 124 Å². The van der Waals surface area contributed by atoms with Crippen LogP contribution in [0, 0.1) is 11.8 Å². The molecular weight excluding hydrogens is 268 g/mol. The lowest BCUT2D eigenvalue weighted by atomic mass is 10.0. The van der Waals surface area contributed by atoms with E-state index in [-0.39, 0.29) is 12.1 Å². The molecule has 1 aromatic heterocycles. The van der Waals surface area contributed by atoms with E-state index in [1.807, 2.05) is 0 Å². The van der Waals surface area contributed by atoms with E-state index in [0.29, 0.717) is 30.3 Å². The lowest BCUT2D eigenvalue weighted by Gasteiger charge is -2.23. The Balaban J connectivity index is 1.79. The van der Waals surface area contributed by atoms with E-state index in [9.17, 15) is 4.79 Å². The summed E-state index contributed by atoms with van der Waals surface area (Å²) >= 11 is 0. The number of nitrogens with one attached hydrogen (secondary N) is 1. The average Bonchev–Trinajstić information content (AvgIpc) is 3.22. The summed E-state index contributed by atoms with van der Waals surface area (Å²) in [6.07, 6.45) is 3.89. The smallest absolute Gasteiger partial charge is 0.415 e. The highest BCUT2D eigenvalue weighted by Crippen LogP contribution is 2.33. The molecule has 1 amide bonds. The third-order valence-corrected chi connectivity index (χ3v) is 4.25. The predicted octanol–water partition coefficient (Wildman–Crippen LogP) is 2.67. The summed E-state index contributed by atoms with van der Waals surface area (Å²) in [4.78, 5) is 22.3. The fraction of sp³-hybridized carbons (Fsp3) is 0.667. The molecule has 1 saturated heterocycles. The van der Waals surface area contributed by atoms with E-state index in [0.717, 1.165) is 5.92 Å². The van der Waals surface area contributed by atoms with Crippen molar-refractivity contribution in [3.63, 3.8) is 0 Å². The molecular formula is C15H22N4O2. The lowest BCUT2D eigenvalue weighted by molar-refractivity contribution is 0.177. The van der Waals surface area contributed by atoms with Crippen molar-refractivity contribution >= 4 is 17.9 Å². The van der Waals surface area contributed by atoms with E-state index in [2.05, 4.69) is 36.1 Å². The van der Waals surface area contributed by atoms with E-state index >= 15 is 0 Å². The molecule has 0 spiro atoms. The largest absolute Gasteiger partial charge is 0.447 e. The number of nitrogens with zero attached hydrogens (tertiary/aromatic N) is 3. The van der Waals surface area contributed by atoms with Crippen molar-refractivity contribution in [1.29, 1.82) is 0 Å². The minimum absolute atomic E-state index is 0.0288. The summed E-state index contributed by atoms with van der Waals surface area (Å²) in [7, 11) is 0. The highest BCUT2D eigenvalue weighted by molar-refractivity contribution is 5.89. The first-order valence-corrected chi connectivity index (χ1v) is 7.62. The number of carbonyl (C=O) groups is 1. The summed E-state index contributed by atoms with van der Waals surface area (Å²) in [5.41, 5.74) is 0. The highest BCUT2D eigenvalue weighted by atomic mass is 16.6. The fourth-order valence-corrected chi connectivity index (χ4v) is 2.66. The molecule has 0 unspecified atom stereocenters. The minimum Gasteiger partial charge on any atom is -0.447 e. The van der Waals surface area contributed by atoms with Crippen LogP contribution >= 0.6 is 0 Å². The number of carbonyl (C=O) groups excluding carboxylic acids is 1. The van der Waals surface area contributed by atoms with Gasteiger partial charge in [0.2, 0.25) is 5.95 Å². The van der Waals surface area contributed by atoms with Gasteiger partial charge in [-0.05, 0) is 37.7 Å². The maximum atomic E-state index is 12.0. The van der Waals surface area contributed by atoms with Crippen LogP contribution in [0.4, 0.5) is 16.6 Å². The molecule has 0 bridgehead atoms. The summed E-state index contributed by atoms with van der Waals surface area (Å²) in [5.74, 6) is 2.22. The number of anilines is 2. The molecule has 3 rings (SSSR count). The Morgan fingerprint density at radius 3 is 2.81 bits per heavy atom. The molecule has 0 radical (unpaired) electrons. The zero-order valence-electron chi connectivity index (χ0n) is 12.7. The van der Waals surface area contributed by atoms with Gasteiger partial charge in [0.15, 0.2) is 0 Å². The molecule has 1 N–H and O–H groups in total. The SMILES string of the molecule is CC(C)[C@H]1COC(=O)N1c1ccnc(N[C@@H](C)C2CC2)n1. The van der Waals surface area contributed by atoms with Gasteiger partial charge in [0, 0.05) is 12.2 Å². The monoisotopic (exact) mass is 290 g/mol. The number of ether oxygens (including phenoxy) is 1. The maximum absolute atomic E-state index is 12.0. The van der Waals surface area contributed by atoms with Crippen LogP contribution in [0.3, 0.4) is 0 Å². The molecule has 2 aliphatic rings. The molecule has 1 aliphatic heterocycles. The minimum atomic E-state index is -0.325. The van der Waals surface area contributed by atoms with Crippen molar-refractivity contribution in [3.05, 3.63) is 12.3 Å². The van der Waals surface area contributed by atoms with Gasteiger partial charge >= 0.3 is 6.09 Å². The molecule has 2 fully saturated rings. The second kappa shape index (κ2) is 5.50. The molecule has 6 heteroatoms. The Hall–Kier alpha value is -1.85. The first-order valence-electron chi connectivity index (χ1n) is 7.62. The summed E-state index contributed by atoms with van der Waals surface area (Å²) in [5, 5.41) is 3.33. The van der Waals surface area contributed by atoms with Gasteiger partial charge in [0.05, 0.1) is 6.04 Å². The van der Waals surface area contributed by atoms with Gasteiger partial charge in [0.1, 0.15) is 12.4 Å². The summed E-state index contributed by atoms with van der Waals surface area (Å²) in [6.45, 7) is 6.72. The van der Waals surface area contributed by atoms with Gasteiger partial charge in [-0.2, -0.15) is 4.98 Å². The quantitative estimate of drug-likeness (QED) is 0.903. The summed E-state index contributed by atoms with van der Waals surface area (Å²) in [6, 6.07) is 2.15. The topological polar surface area (TPSA) is 67.3 Å². The van der Waals surface area contributed by atoms with Crippen molar-refractivity contribution in [3.8, 4) is 0 Å². The predicted molar refractivity (Wildman–Crippen MR) is 80.3 cm³/mol. The molecule has 2 atom stereocenters. The third kappa shape index (κ3) is 2.94. The molecule has 21 heavy (non-hydrogen) atoms. The molecule has 6 nitrogen and oxygen atoms in total. The fourth-order valence-electron chi connectivity index (χ4n) is 2.66. The molecule has 1 saturated carbocycles. The average molecular weight is 290 g/mol. The van der Waals surface area contributed by atoms with Crippen LogP contribution in [-0.2, 0) is 4.74 Å². The Morgan fingerprint density at radius 1 is 1.38 bits per heavy atom. The maximum Gasteiger partial charge on any atom is 0.415 e. The van der Waals surface area contributed by atoms with E-state index < -0.39 is 0 Å². The standard InChI is InChI=1S/C15H22N4O2/c1-9(2)12-8-21-15(20)19(12)13-6-7-16-14(18-13)17-10(3)11-4-5-11/h6-7,9-12H,4-5,8H2,1-3H3,(H,16,17,18)/t10-,12+/m0/s1. The first-order chi connectivity index (χ1) is 10.1. The van der Waals surface area contributed by atoms with Crippen LogP contribution in [-0.4, -0.2) is 34.8 Å². The molecule has 114 valence electrons.